The maximum atomic E-state index is 11.8. The molecular weight excluding hydrogens is 266 g/mol. The van der Waals surface area contributed by atoms with Crippen molar-refractivity contribution < 1.29 is 24.2 Å². The third-order valence-electron chi connectivity index (χ3n) is 2.90. The second-order valence-electron chi connectivity index (χ2n) is 4.57. The minimum atomic E-state index is -1.16. The lowest BCUT2D eigenvalue weighted by atomic mass is 10.3. The lowest BCUT2D eigenvalue weighted by molar-refractivity contribution is -0.143. The van der Waals surface area contributed by atoms with Crippen molar-refractivity contribution in [2.75, 3.05) is 45.9 Å². The summed E-state index contributed by atoms with van der Waals surface area (Å²) in [7, 11) is 0. The molecule has 2 N–H and O–H groups in total. The van der Waals surface area contributed by atoms with Crippen LogP contribution in [0.25, 0.3) is 0 Å². The number of carboxylic acid groups (broad SMARTS) is 1. The number of rotatable bonds is 6. The molecule has 20 heavy (non-hydrogen) atoms. The lowest BCUT2D eigenvalue weighted by Gasteiger charge is -2.34. The Labute approximate surface area is 117 Å². The van der Waals surface area contributed by atoms with E-state index in [0.29, 0.717) is 13.1 Å². The molecule has 0 radical (unpaired) electrons. The molecule has 3 amide bonds. The molecule has 0 bridgehead atoms. The van der Waals surface area contributed by atoms with Crippen LogP contribution in [-0.4, -0.2) is 78.8 Å². The molecule has 1 heterocycles. The topological polar surface area (TPSA) is 99.2 Å². The Morgan fingerprint density at radius 3 is 2.35 bits per heavy atom. The van der Waals surface area contributed by atoms with Crippen molar-refractivity contribution in [2.24, 2.45) is 0 Å². The largest absolute Gasteiger partial charge is 0.480 e. The smallest absolute Gasteiger partial charge is 0.329 e. The third kappa shape index (κ3) is 5.98. The first kappa shape index (κ1) is 16.4. The van der Waals surface area contributed by atoms with Crippen molar-refractivity contribution in [3.05, 3.63) is 0 Å². The molecule has 1 aliphatic rings. The number of hydrogen-bond acceptors (Lipinski definition) is 5. The van der Waals surface area contributed by atoms with E-state index in [-0.39, 0.29) is 0 Å². The number of aliphatic carboxylic acids is 1. The molecule has 0 atom stereocenters. The van der Waals surface area contributed by atoms with Crippen LogP contribution in [0, 0.1) is 0 Å². The van der Waals surface area contributed by atoms with E-state index < -0.39 is 31.1 Å². The molecule has 0 saturated carbocycles. The second kappa shape index (κ2) is 8.49. The van der Waals surface area contributed by atoms with Gasteiger partial charge in [0.15, 0.2) is 0 Å². The summed E-state index contributed by atoms with van der Waals surface area (Å²) in [6.45, 7) is 4.87. The Balaban J connectivity index is 2.22. The predicted molar refractivity (Wildman–Crippen MR) is 70.3 cm³/mol. The quantitative estimate of drug-likeness (QED) is 0.673. The molecule has 1 fully saturated rings. The van der Waals surface area contributed by atoms with Crippen LogP contribution < -0.4 is 5.32 Å². The average molecular weight is 287 g/mol. The summed E-state index contributed by atoms with van der Waals surface area (Å²) in [6.07, 6.45) is 1.07. The highest BCUT2D eigenvalue weighted by atomic mass is 16.5. The first-order valence-corrected chi connectivity index (χ1v) is 6.63. The maximum absolute atomic E-state index is 11.8. The number of hydrogen-bond donors (Lipinski definition) is 2. The predicted octanol–water partition coefficient (Wildman–Crippen LogP) is -0.649. The summed E-state index contributed by atoms with van der Waals surface area (Å²) >= 11 is 0. The van der Waals surface area contributed by atoms with E-state index in [1.165, 1.54) is 0 Å². The van der Waals surface area contributed by atoms with Gasteiger partial charge in [0.2, 0.25) is 0 Å². The van der Waals surface area contributed by atoms with E-state index in [2.05, 4.69) is 21.9 Å². The Morgan fingerprint density at radius 2 is 1.80 bits per heavy atom. The SMILES string of the molecule is CCCN1CCN(C(=O)NC(=O)COCC(=O)O)CC1. The van der Waals surface area contributed by atoms with Gasteiger partial charge < -0.3 is 14.7 Å². The van der Waals surface area contributed by atoms with Gasteiger partial charge in [-0.2, -0.15) is 0 Å². The molecular formula is C12H21N3O5. The first-order valence-electron chi connectivity index (χ1n) is 6.63. The van der Waals surface area contributed by atoms with Crippen LogP contribution in [0.2, 0.25) is 0 Å². The second-order valence-corrected chi connectivity index (χ2v) is 4.57. The van der Waals surface area contributed by atoms with Crippen LogP contribution in [0.1, 0.15) is 13.3 Å². The molecule has 0 spiro atoms. The van der Waals surface area contributed by atoms with Gasteiger partial charge in [-0.05, 0) is 13.0 Å². The van der Waals surface area contributed by atoms with E-state index in [1.807, 2.05) is 0 Å². The zero-order chi connectivity index (χ0) is 15.0. The van der Waals surface area contributed by atoms with E-state index in [9.17, 15) is 14.4 Å². The summed E-state index contributed by atoms with van der Waals surface area (Å²) < 4.78 is 4.60. The number of carbonyl (C=O) groups excluding carboxylic acids is 2. The molecule has 0 aromatic rings. The number of carboxylic acids is 1. The molecule has 0 aliphatic carbocycles. The van der Waals surface area contributed by atoms with E-state index in [1.54, 1.807) is 4.90 Å². The van der Waals surface area contributed by atoms with Crippen molar-refractivity contribution in [1.29, 1.82) is 0 Å². The van der Waals surface area contributed by atoms with Crippen LogP contribution >= 0.6 is 0 Å². The number of nitrogens with one attached hydrogen (secondary N) is 1. The Hall–Kier alpha value is -1.67. The van der Waals surface area contributed by atoms with Gasteiger partial charge in [-0.1, -0.05) is 6.92 Å². The van der Waals surface area contributed by atoms with Gasteiger partial charge in [0.05, 0.1) is 0 Å². The summed E-state index contributed by atoms with van der Waals surface area (Å²) in [4.78, 5) is 37.2. The number of nitrogens with zero attached hydrogens (tertiary/aromatic N) is 2. The fourth-order valence-corrected chi connectivity index (χ4v) is 1.96. The van der Waals surface area contributed by atoms with Gasteiger partial charge in [0.25, 0.3) is 5.91 Å². The van der Waals surface area contributed by atoms with Crippen molar-refractivity contribution in [2.45, 2.75) is 13.3 Å². The highest BCUT2D eigenvalue weighted by Crippen LogP contribution is 2.02. The fourth-order valence-electron chi connectivity index (χ4n) is 1.96. The van der Waals surface area contributed by atoms with Gasteiger partial charge in [0.1, 0.15) is 13.2 Å². The van der Waals surface area contributed by atoms with Crippen LogP contribution in [0.15, 0.2) is 0 Å². The van der Waals surface area contributed by atoms with Crippen molar-refractivity contribution in [3.63, 3.8) is 0 Å². The van der Waals surface area contributed by atoms with Crippen LogP contribution in [0.5, 0.6) is 0 Å². The zero-order valence-corrected chi connectivity index (χ0v) is 11.6. The average Bonchev–Trinajstić information content (AvgIpc) is 2.39. The molecule has 8 nitrogen and oxygen atoms in total. The van der Waals surface area contributed by atoms with Crippen LogP contribution in [-0.2, 0) is 14.3 Å². The molecule has 0 aromatic heterocycles. The fraction of sp³-hybridized carbons (Fsp3) is 0.750. The lowest BCUT2D eigenvalue weighted by Crippen LogP contribution is -2.53. The van der Waals surface area contributed by atoms with Gasteiger partial charge >= 0.3 is 12.0 Å². The molecule has 1 rings (SSSR count). The minimum absolute atomic E-state index is 0.437. The number of carbonyl (C=O) groups is 3. The standard InChI is InChI=1S/C12H21N3O5/c1-2-3-14-4-6-15(7-5-14)12(19)13-10(16)8-20-9-11(17)18/h2-9H2,1H3,(H,17,18)(H,13,16,19). The highest BCUT2D eigenvalue weighted by Gasteiger charge is 2.21. The number of urea groups is 1. The van der Waals surface area contributed by atoms with Crippen molar-refractivity contribution in [3.8, 4) is 0 Å². The monoisotopic (exact) mass is 287 g/mol. The van der Waals surface area contributed by atoms with Crippen LogP contribution in [0.4, 0.5) is 4.79 Å². The number of ether oxygens (including phenoxy) is 1. The molecule has 1 saturated heterocycles. The molecule has 8 heteroatoms. The Kier molecular flexibility index (Phi) is 6.96. The summed E-state index contributed by atoms with van der Waals surface area (Å²) in [5.41, 5.74) is 0. The number of piperazine rings is 1. The number of imide groups is 1. The van der Waals surface area contributed by atoms with Gasteiger partial charge in [0, 0.05) is 26.2 Å². The van der Waals surface area contributed by atoms with Crippen molar-refractivity contribution >= 4 is 17.9 Å². The van der Waals surface area contributed by atoms with Crippen LogP contribution in [0.3, 0.4) is 0 Å². The van der Waals surface area contributed by atoms with E-state index >= 15 is 0 Å². The van der Waals surface area contributed by atoms with E-state index in [4.69, 9.17) is 5.11 Å². The molecule has 0 aromatic carbocycles. The Bertz CT molecular complexity index is 353. The third-order valence-corrected chi connectivity index (χ3v) is 2.90. The van der Waals surface area contributed by atoms with E-state index in [0.717, 1.165) is 26.1 Å². The summed E-state index contributed by atoms with van der Waals surface area (Å²) in [6, 6.07) is -0.454. The molecule has 114 valence electrons. The highest BCUT2D eigenvalue weighted by molar-refractivity contribution is 5.95. The molecule has 0 unspecified atom stereocenters. The summed E-state index contributed by atoms with van der Waals surface area (Å²) in [5, 5.41) is 10.5. The normalized spacial score (nSPS) is 15.9. The molecule has 1 aliphatic heterocycles. The van der Waals surface area contributed by atoms with Crippen molar-refractivity contribution in [1.82, 2.24) is 15.1 Å². The first-order chi connectivity index (χ1) is 9.52. The van der Waals surface area contributed by atoms with Gasteiger partial charge in [-0.3, -0.25) is 15.0 Å². The maximum Gasteiger partial charge on any atom is 0.329 e. The zero-order valence-electron chi connectivity index (χ0n) is 11.6. The van der Waals surface area contributed by atoms with Gasteiger partial charge in [-0.15, -0.1) is 0 Å². The summed E-state index contributed by atoms with van der Waals surface area (Å²) in [5.74, 6) is -1.79. The van der Waals surface area contributed by atoms with Gasteiger partial charge in [-0.25, -0.2) is 9.59 Å². The Morgan fingerprint density at radius 1 is 1.15 bits per heavy atom. The minimum Gasteiger partial charge on any atom is -0.480 e. The number of amides is 3.